The number of anilines is 1. The Morgan fingerprint density at radius 2 is 2.10 bits per heavy atom. The lowest BCUT2D eigenvalue weighted by Crippen LogP contribution is -2.43. The van der Waals surface area contributed by atoms with Crippen molar-refractivity contribution in [1.29, 1.82) is 0 Å². The summed E-state index contributed by atoms with van der Waals surface area (Å²) in [5.74, 6) is 0.714. The Hall–Kier alpha value is -0.690. The third kappa shape index (κ3) is 3.69. The number of carbonyl (C=O) groups excluding carboxylic acids is 1. The van der Waals surface area contributed by atoms with Gasteiger partial charge in [0.25, 0.3) is 0 Å². The zero-order chi connectivity index (χ0) is 13.2. The average molecular weight is 318 g/mol. The zero-order valence-corrected chi connectivity index (χ0v) is 12.8. The van der Waals surface area contributed by atoms with Gasteiger partial charge in [0.05, 0.1) is 11.7 Å². The highest BCUT2D eigenvalue weighted by molar-refractivity contribution is 7.13. The molecule has 5 nitrogen and oxygen atoms in total. The van der Waals surface area contributed by atoms with Crippen molar-refractivity contribution >= 4 is 34.8 Å². The van der Waals surface area contributed by atoms with Crippen molar-refractivity contribution in [1.82, 2.24) is 4.98 Å². The van der Waals surface area contributed by atoms with E-state index >= 15 is 0 Å². The minimum Gasteiger partial charge on any atom is -0.381 e. The Bertz CT molecular complexity index is 458. The summed E-state index contributed by atoms with van der Waals surface area (Å²) in [7, 11) is 0. The van der Waals surface area contributed by atoms with Crippen LogP contribution in [-0.4, -0.2) is 30.1 Å². The first kappa shape index (κ1) is 15.7. The van der Waals surface area contributed by atoms with E-state index in [1.807, 2.05) is 5.38 Å². The summed E-state index contributed by atoms with van der Waals surface area (Å²) in [5, 5.41) is 5.56. The van der Waals surface area contributed by atoms with Gasteiger partial charge in [-0.15, -0.1) is 23.7 Å². The molecule has 7 heteroatoms. The van der Waals surface area contributed by atoms with Crippen LogP contribution in [0.2, 0.25) is 0 Å². The fourth-order valence-corrected chi connectivity index (χ4v) is 3.18. The number of thiazole rings is 1. The highest BCUT2D eigenvalue weighted by Gasteiger charge is 2.29. The molecule has 2 heterocycles. The first-order valence-corrected chi connectivity index (χ1v) is 7.71. The van der Waals surface area contributed by atoms with Crippen molar-refractivity contribution in [3.63, 3.8) is 0 Å². The molecule has 0 radical (unpaired) electrons. The van der Waals surface area contributed by atoms with Gasteiger partial charge in [0.2, 0.25) is 5.91 Å². The van der Waals surface area contributed by atoms with Crippen molar-refractivity contribution in [2.75, 3.05) is 18.5 Å². The minimum atomic E-state index is -0.461. The molecule has 2 fully saturated rings. The van der Waals surface area contributed by atoms with Crippen LogP contribution in [0.25, 0.3) is 0 Å². The molecule has 1 aromatic rings. The fourth-order valence-electron chi connectivity index (χ4n) is 2.39. The largest absolute Gasteiger partial charge is 0.381 e. The number of hydrogen-bond donors (Lipinski definition) is 2. The number of nitrogens with zero attached hydrogens (tertiary/aromatic N) is 1. The Labute approximate surface area is 128 Å². The molecule has 1 saturated heterocycles. The lowest BCUT2D eigenvalue weighted by molar-refractivity contribution is -0.119. The van der Waals surface area contributed by atoms with E-state index in [9.17, 15) is 4.79 Å². The predicted octanol–water partition coefficient (Wildman–Crippen LogP) is 2.13. The van der Waals surface area contributed by atoms with Gasteiger partial charge < -0.3 is 15.8 Å². The Morgan fingerprint density at radius 1 is 1.40 bits per heavy atom. The van der Waals surface area contributed by atoms with Gasteiger partial charge in [-0.25, -0.2) is 4.98 Å². The SMILES string of the molecule is Cl.NC(C(=O)Nc1nc(C2CC2)cs1)C1CCOCC1. The second kappa shape index (κ2) is 6.85. The maximum absolute atomic E-state index is 12.1. The molecular weight excluding hydrogens is 298 g/mol. The van der Waals surface area contributed by atoms with Crippen LogP contribution in [-0.2, 0) is 9.53 Å². The van der Waals surface area contributed by atoms with E-state index in [2.05, 4.69) is 10.3 Å². The van der Waals surface area contributed by atoms with E-state index in [4.69, 9.17) is 10.5 Å². The van der Waals surface area contributed by atoms with Crippen molar-refractivity contribution < 1.29 is 9.53 Å². The highest BCUT2D eigenvalue weighted by atomic mass is 35.5. The van der Waals surface area contributed by atoms with E-state index in [1.54, 1.807) is 0 Å². The maximum Gasteiger partial charge on any atom is 0.243 e. The van der Waals surface area contributed by atoms with Crippen molar-refractivity contribution in [2.45, 2.75) is 37.6 Å². The van der Waals surface area contributed by atoms with Crippen LogP contribution in [0, 0.1) is 5.92 Å². The van der Waals surface area contributed by atoms with Gasteiger partial charge in [0.1, 0.15) is 0 Å². The summed E-state index contributed by atoms with van der Waals surface area (Å²) < 4.78 is 5.29. The lowest BCUT2D eigenvalue weighted by Gasteiger charge is -2.26. The smallest absolute Gasteiger partial charge is 0.243 e. The number of amides is 1. The molecule has 1 saturated carbocycles. The van der Waals surface area contributed by atoms with Gasteiger partial charge in [-0.05, 0) is 31.6 Å². The quantitative estimate of drug-likeness (QED) is 0.892. The normalized spacial score (nSPS) is 21.1. The van der Waals surface area contributed by atoms with Gasteiger partial charge in [-0.1, -0.05) is 0 Å². The molecule has 1 aromatic heterocycles. The van der Waals surface area contributed by atoms with Crippen LogP contribution >= 0.6 is 23.7 Å². The molecule has 3 rings (SSSR count). The summed E-state index contributed by atoms with van der Waals surface area (Å²) in [6.07, 6.45) is 4.16. The summed E-state index contributed by atoms with van der Waals surface area (Å²) in [6.45, 7) is 1.41. The molecule has 1 aliphatic heterocycles. The number of rotatable bonds is 4. The van der Waals surface area contributed by atoms with Crippen LogP contribution in [0.15, 0.2) is 5.38 Å². The molecule has 0 bridgehead atoms. The Kier molecular flexibility index (Phi) is 5.37. The highest BCUT2D eigenvalue weighted by Crippen LogP contribution is 2.40. The van der Waals surface area contributed by atoms with E-state index in [-0.39, 0.29) is 24.2 Å². The summed E-state index contributed by atoms with van der Waals surface area (Å²) in [5.41, 5.74) is 7.14. The summed E-state index contributed by atoms with van der Waals surface area (Å²) >= 11 is 1.49. The van der Waals surface area contributed by atoms with Crippen LogP contribution in [0.4, 0.5) is 5.13 Å². The maximum atomic E-state index is 12.1. The number of nitrogens with two attached hydrogens (primary N) is 1. The van der Waals surface area contributed by atoms with E-state index in [1.165, 1.54) is 24.2 Å². The van der Waals surface area contributed by atoms with Gasteiger partial charge in [-0.2, -0.15) is 0 Å². The van der Waals surface area contributed by atoms with Crippen LogP contribution in [0.1, 0.15) is 37.3 Å². The Balaban J connectivity index is 0.00000147. The van der Waals surface area contributed by atoms with Gasteiger partial charge in [0, 0.05) is 24.5 Å². The molecule has 0 aromatic carbocycles. The van der Waals surface area contributed by atoms with Gasteiger partial charge >= 0.3 is 0 Å². The van der Waals surface area contributed by atoms with Crippen molar-refractivity contribution in [2.24, 2.45) is 11.7 Å². The summed E-state index contributed by atoms with van der Waals surface area (Å²) in [6, 6.07) is -0.461. The molecule has 20 heavy (non-hydrogen) atoms. The van der Waals surface area contributed by atoms with Crippen LogP contribution in [0.5, 0.6) is 0 Å². The molecular formula is C13H20ClN3O2S. The van der Waals surface area contributed by atoms with Crippen LogP contribution in [0.3, 0.4) is 0 Å². The molecule has 0 spiro atoms. The molecule has 1 atom stereocenters. The number of nitrogens with one attached hydrogen (secondary N) is 1. The molecule has 3 N–H and O–H groups in total. The predicted molar refractivity (Wildman–Crippen MR) is 81.5 cm³/mol. The monoisotopic (exact) mass is 317 g/mol. The van der Waals surface area contributed by atoms with E-state index < -0.39 is 6.04 Å². The molecule has 112 valence electrons. The second-order valence-electron chi connectivity index (χ2n) is 5.32. The molecule has 2 aliphatic rings. The number of carbonyl (C=O) groups is 1. The number of hydrogen-bond acceptors (Lipinski definition) is 5. The third-order valence-corrected chi connectivity index (χ3v) is 4.60. The third-order valence-electron chi connectivity index (χ3n) is 3.82. The van der Waals surface area contributed by atoms with Gasteiger partial charge in [-0.3, -0.25) is 4.79 Å². The topological polar surface area (TPSA) is 77.2 Å². The summed E-state index contributed by atoms with van der Waals surface area (Å²) in [4.78, 5) is 16.5. The van der Waals surface area contributed by atoms with E-state index in [0.29, 0.717) is 24.3 Å². The fraction of sp³-hybridized carbons (Fsp3) is 0.692. The first-order chi connectivity index (χ1) is 9.24. The minimum absolute atomic E-state index is 0. The first-order valence-electron chi connectivity index (χ1n) is 6.83. The van der Waals surface area contributed by atoms with Crippen LogP contribution < -0.4 is 11.1 Å². The molecule has 1 aliphatic carbocycles. The number of aromatic nitrogens is 1. The zero-order valence-electron chi connectivity index (χ0n) is 11.2. The number of halogens is 1. The standard InChI is InChI=1S/C13H19N3O2S.ClH/c14-11(9-3-5-18-6-4-9)12(17)16-13-15-10(7-19-13)8-1-2-8;/h7-9,11H,1-6,14H2,(H,15,16,17);1H. The molecule has 1 amide bonds. The molecule has 1 unspecified atom stereocenters. The second-order valence-corrected chi connectivity index (χ2v) is 6.17. The Morgan fingerprint density at radius 3 is 2.75 bits per heavy atom. The van der Waals surface area contributed by atoms with Gasteiger partial charge in [0.15, 0.2) is 5.13 Å². The van der Waals surface area contributed by atoms with E-state index in [0.717, 1.165) is 18.5 Å². The lowest BCUT2D eigenvalue weighted by atomic mass is 9.92. The van der Waals surface area contributed by atoms with Crippen molar-refractivity contribution in [3.05, 3.63) is 11.1 Å². The average Bonchev–Trinajstić information content (AvgIpc) is 3.20. The number of ether oxygens (including phenoxy) is 1. The van der Waals surface area contributed by atoms with Crippen molar-refractivity contribution in [3.8, 4) is 0 Å².